The molecule has 0 bridgehead atoms. The molecule has 0 atom stereocenters. The SMILES string of the molecule is C=C(NC)C1=CC=C(C=O)C1. The number of rotatable bonds is 3. The Labute approximate surface area is 66.3 Å². The van der Waals surface area contributed by atoms with Gasteiger partial charge in [0.15, 0.2) is 0 Å². The largest absolute Gasteiger partial charge is 0.388 e. The van der Waals surface area contributed by atoms with Crippen LogP contribution in [0, 0.1) is 0 Å². The minimum atomic E-state index is 0.711. The highest BCUT2D eigenvalue weighted by Crippen LogP contribution is 2.20. The topological polar surface area (TPSA) is 29.1 Å². The van der Waals surface area contributed by atoms with Crippen LogP contribution < -0.4 is 5.32 Å². The van der Waals surface area contributed by atoms with Gasteiger partial charge in [0.05, 0.1) is 0 Å². The third kappa shape index (κ3) is 1.58. The predicted molar refractivity (Wildman–Crippen MR) is 45.0 cm³/mol. The van der Waals surface area contributed by atoms with Crippen LogP contribution in [0.4, 0.5) is 0 Å². The monoisotopic (exact) mass is 149 g/mol. The normalized spacial score (nSPS) is 15.4. The van der Waals surface area contributed by atoms with Gasteiger partial charge in [0.1, 0.15) is 6.29 Å². The molecule has 1 N–H and O–H groups in total. The summed E-state index contributed by atoms with van der Waals surface area (Å²) in [6.07, 6.45) is 5.34. The van der Waals surface area contributed by atoms with Crippen molar-refractivity contribution in [1.82, 2.24) is 5.32 Å². The van der Waals surface area contributed by atoms with E-state index in [0.717, 1.165) is 23.1 Å². The van der Waals surface area contributed by atoms with Gasteiger partial charge in [-0.2, -0.15) is 0 Å². The first-order chi connectivity index (χ1) is 5.27. The quantitative estimate of drug-likeness (QED) is 0.610. The van der Waals surface area contributed by atoms with Crippen LogP contribution in [-0.4, -0.2) is 13.3 Å². The molecule has 0 fully saturated rings. The number of likely N-dealkylation sites (N-methyl/N-ethyl adjacent to an activating group) is 1. The molecule has 0 heterocycles. The molecule has 0 saturated carbocycles. The van der Waals surface area contributed by atoms with Gasteiger partial charge in [-0.3, -0.25) is 4.79 Å². The summed E-state index contributed by atoms with van der Waals surface area (Å²) in [6, 6.07) is 0. The van der Waals surface area contributed by atoms with Crippen molar-refractivity contribution in [3.8, 4) is 0 Å². The number of hydrogen-bond donors (Lipinski definition) is 1. The molecule has 11 heavy (non-hydrogen) atoms. The van der Waals surface area contributed by atoms with Gasteiger partial charge in [-0.15, -0.1) is 0 Å². The molecule has 0 aromatic rings. The Morgan fingerprint density at radius 1 is 1.73 bits per heavy atom. The summed E-state index contributed by atoms with van der Waals surface area (Å²) in [6.45, 7) is 3.80. The number of carbonyl (C=O) groups is 1. The molecule has 0 radical (unpaired) electrons. The van der Waals surface area contributed by atoms with E-state index in [1.165, 1.54) is 0 Å². The van der Waals surface area contributed by atoms with Crippen LogP contribution in [0.3, 0.4) is 0 Å². The van der Waals surface area contributed by atoms with Gasteiger partial charge in [0, 0.05) is 19.2 Å². The van der Waals surface area contributed by atoms with Crippen molar-refractivity contribution in [3.05, 3.63) is 35.6 Å². The van der Waals surface area contributed by atoms with Gasteiger partial charge in [0.2, 0.25) is 0 Å². The Morgan fingerprint density at radius 2 is 2.45 bits per heavy atom. The maximum absolute atomic E-state index is 10.3. The van der Waals surface area contributed by atoms with Crippen molar-refractivity contribution in [3.63, 3.8) is 0 Å². The van der Waals surface area contributed by atoms with Crippen LogP contribution in [0.1, 0.15) is 6.42 Å². The number of aldehydes is 1. The molecule has 2 heteroatoms. The van der Waals surface area contributed by atoms with E-state index in [1.54, 1.807) is 0 Å². The number of carbonyl (C=O) groups excluding carboxylic acids is 1. The van der Waals surface area contributed by atoms with Gasteiger partial charge >= 0.3 is 0 Å². The van der Waals surface area contributed by atoms with Gasteiger partial charge in [-0.25, -0.2) is 0 Å². The molecule has 58 valence electrons. The average Bonchev–Trinajstić information content (AvgIpc) is 2.50. The van der Waals surface area contributed by atoms with Crippen molar-refractivity contribution >= 4 is 6.29 Å². The zero-order valence-electron chi connectivity index (χ0n) is 6.55. The van der Waals surface area contributed by atoms with E-state index in [-0.39, 0.29) is 0 Å². The zero-order valence-corrected chi connectivity index (χ0v) is 6.55. The van der Waals surface area contributed by atoms with Crippen LogP contribution in [0.25, 0.3) is 0 Å². The van der Waals surface area contributed by atoms with Crippen LogP contribution in [0.15, 0.2) is 35.6 Å². The van der Waals surface area contributed by atoms with E-state index in [9.17, 15) is 4.79 Å². The summed E-state index contributed by atoms with van der Waals surface area (Å²) in [5, 5.41) is 2.94. The van der Waals surface area contributed by atoms with E-state index in [2.05, 4.69) is 11.9 Å². The van der Waals surface area contributed by atoms with Gasteiger partial charge in [-0.05, 0) is 11.1 Å². The lowest BCUT2D eigenvalue weighted by Gasteiger charge is -2.04. The Balaban J connectivity index is 2.59. The molecule has 1 aliphatic carbocycles. The molecule has 0 amide bonds. The summed E-state index contributed by atoms with van der Waals surface area (Å²) in [7, 11) is 1.82. The van der Waals surface area contributed by atoms with E-state index >= 15 is 0 Å². The molecular formula is C9H11NO. The van der Waals surface area contributed by atoms with Gasteiger partial charge in [0.25, 0.3) is 0 Å². The second-order valence-corrected chi connectivity index (χ2v) is 2.46. The third-order valence-corrected chi connectivity index (χ3v) is 1.73. The summed E-state index contributed by atoms with van der Waals surface area (Å²) >= 11 is 0. The highest BCUT2D eigenvalue weighted by Gasteiger charge is 2.08. The Bertz CT molecular complexity index is 248. The van der Waals surface area contributed by atoms with Crippen LogP contribution in [-0.2, 0) is 4.79 Å². The van der Waals surface area contributed by atoms with Crippen molar-refractivity contribution in [2.45, 2.75) is 6.42 Å². The molecule has 0 aromatic heterocycles. The smallest absolute Gasteiger partial charge is 0.146 e. The number of hydrogen-bond acceptors (Lipinski definition) is 2. The van der Waals surface area contributed by atoms with Gasteiger partial charge < -0.3 is 5.32 Å². The lowest BCUT2D eigenvalue weighted by atomic mass is 10.1. The van der Waals surface area contributed by atoms with Crippen molar-refractivity contribution in [1.29, 1.82) is 0 Å². The molecule has 0 unspecified atom stereocenters. The minimum absolute atomic E-state index is 0.711. The fourth-order valence-corrected chi connectivity index (χ4v) is 0.994. The molecule has 0 saturated heterocycles. The Hall–Kier alpha value is -1.31. The summed E-state index contributed by atoms with van der Waals surface area (Å²) in [5.41, 5.74) is 2.80. The fraction of sp³-hybridized carbons (Fsp3) is 0.222. The Kier molecular flexibility index (Phi) is 2.26. The number of allylic oxidation sites excluding steroid dienone is 4. The van der Waals surface area contributed by atoms with Crippen molar-refractivity contribution in [2.75, 3.05) is 7.05 Å². The van der Waals surface area contributed by atoms with E-state index < -0.39 is 0 Å². The molecule has 2 nitrogen and oxygen atoms in total. The first-order valence-electron chi connectivity index (χ1n) is 3.50. The zero-order chi connectivity index (χ0) is 8.27. The van der Waals surface area contributed by atoms with E-state index in [1.807, 2.05) is 19.2 Å². The molecule has 1 rings (SSSR count). The predicted octanol–water partition coefficient (Wildman–Crippen LogP) is 1.17. The first-order valence-corrected chi connectivity index (χ1v) is 3.50. The molecule has 1 aliphatic rings. The van der Waals surface area contributed by atoms with Crippen molar-refractivity contribution < 1.29 is 4.79 Å². The highest BCUT2D eigenvalue weighted by molar-refractivity contribution is 5.77. The molecule has 0 aliphatic heterocycles. The lowest BCUT2D eigenvalue weighted by Crippen LogP contribution is -2.06. The maximum atomic E-state index is 10.3. The van der Waals surface area contributed by atoms with Gasteiger partial charge in [-0.1, -0.05) is 18.7 Å². The summed E-state index contributed by atoms with van der Waals surface area (Å²) in [5.74, 6) is 0. The van der Waals surface area contributed by atoms with Crippen LogP contribution in [0.5, 0.6) is 0 Å². The van der Waals surface area contributed by atoms with Crippen LogP contribution in [0.2, 0.25) is 0 Å². The van der Waals surface area contributed by atoms with E-state index in [4.69, 9.17) is 0 Å². The Morgan fingerprint density at radius 3 is 2.91 bits per heavy atom. The summed E-state index contributed by atoms with van der Waals surface area (Å²) < 4.78 is 0. The standard InChI is InChI=1S/C9H11NO/c1-7(10-2)9-4-3-8(5-9)6-11/h3-4,6,10H,1,5H2,2H3. The number of nitrogens with one attached hydrogen (secondary N) is 1. The average molecular weight is 149 g/mol. The molecule has 0 spiro atoms. The van der Waals surface area contributed by atoms with Crippen LogP contribution >= 0.6 is 0 Å². The van der Waals surface area contributed by atoms with Crippen molar-refractivity contribution in [2.24, 2.45) is 0 Å². The summed E-state index contributed by atoms with van der Waals surface area (Å²) in [4.78, 5) is 10.3. The molecular weight excluding hydrogens is 138 g/mol. The highest BCUT2D eigenvalue weighted by atomic mass is 16.1. The maximum Gasteiger partial charge on any atom is 0.146 e. The fourth-order valence-electron chi connectivity index (χ4n) is 0.994. The lowest BCUT2D eigenvalue weighted by molar-refractivity contribution is -0.104. The van der Waals surface area contributed by atoms with E-state index in [0.29, 0.717) is 6.42 Å². The second-order valence-electron chi connectivity index (χ2n) is 2.46. The minimum Gasteiger partial charge on any atom is -0.388 e. The first kappa shape index (κ1) is 7.79. The third-order valence-electron chi connectivity index (χ3n) is 1.73. The molecule has 0 aromatic carbocycles. The second kappa shape index (κ2) is 3.19.